The van der Waals surface area contributed by atoms with Gasteiger partial charge in [-0.2, -0.15) is 0 Å². The second-order valence-corrected chi connectivity index (χ2v) is 3.57. The molecule has 0 atom stereocenters. The molecule has 0 aliphatic heterocycles. The van der Waals surface area contributed by atoms with E-state index in [-0.39, 0.29) is 5.78 Å². The molecule has 1 rings (SSSR count). The van der Waals surface area contributed by atoms with Crippen LogP contribution in [-0.2, 0) is 0 Å². The maximum absolute atomic E-state index is 11.1. The van der Waals surface area contributed by atoms with Crippen LogP contribution in [0.4, 0.5) is 0 Å². The lowest BCUT2D eigenvalue weighted by Gasteiger charge is -2.08. The molecule has 2 nitrogen and oxygen atoms in total. The van der Waals surface area contributed by atoms with Crippen LogP contribution in [0.3, 0.4) is 0 Å². The van der Waals surface area contributed by atoms with Gasteiger partial charge in [0.2, 0.25) is 0 Å². The van der Waals surface area contributed by atoms with Crippen molar-refractivity contribution in [2.24, 2.45) is 0 Å². The molecule has 1 aromatic carbocycles. The van der Waals surface area contributed by atoms with E-state index in [1.54, 1.807) is 6.07 Å². The number of Topliss-reactive ketones (excluding diaryl/α,β-unsaturated/α-hetero) is 1. The predicted molar refractivity (Wildman–Crippen MR) is 57.6 cm³/mol. The summed E-state index contributed by atoms with van der Waals surface area (Å²) >= 11 is 11.8. The van der Waals surface area contributed by atoms with Crippen molar-refractivity contribution in [3.8, 4) is 5.75 Å². The predicted octanol–water partition coefficient (Wildman–Crippen LogP) is 3.59. The van der Waals surface area contributed by atoms with E-state index < -0.39 is 0 Å². The molecule has 0 saturated heterocycles. The summed E-state index contributed by atoms with van der Waals surface area (Å²) in [5, 5.41) is 0.770. The zero-order valence-electron chi connectivity index (χ0n) is 7.93. The minimum absolute atomic E-state index is 0.111. The largest absolute Gasteiger partial charge is 0.492 e. The zero-order chi connectivity index (χ0) is 10.7. The Morgan fingerprint density at radius 3 is 2.50 bits per heavy atom. The Morgan fingerprint density at radius 1 is 1.36 bits per heavy atom. The number of hydrogen-bond acceptors (Lipinski definition) is 2. The Bertz CT molecular complexity index is 361. The highest BCUT2D eigenvalue weighted by atomic mass is 35.5. The molecule has 14 heavy (non-hydrogen) atoms. The number of carbonyl (C=O) groups excluding carboxylic acids is 1. The Balaban J connectivity index is 3.17. The number of ketones is 1. The molecule has 0 radical (unpaired) electrons. The highest BCUT2D eigenvalue weighted by Crippen LogP contribution is 2.31. The van der Waals surface area contributed by atoms with Crippen LogP contribution in [0.25, 0.3) is 0 Å². The summed E-state index contributed by atoms with van der Waals surface area (Å²) in [6.45, 7) is 3.80. The molecule has 76 valence electrons. The van der Waals surface area contributed by atoms with Crippen LogP contribution in [0.1, 0.15) is 24.2 Å². The molecule has 0 unspecified atom stereocenters. The lowest BCUT2D eigenvalue weighted by Crippen LogP contribution is -1.97. The minimum Gasteiger partial charge on any atom is -0.492 e. The third kappa shape index (κ3) is 2.40. The third-order valence-electron chi connectivity index (χ3n) is 1.70. The van der Waals surface area contributed by atoms with Crippen LogP contribution in [0.5, 0.6) is 5.75 Å². The van der Waals surface area contributed by atoms with E-state index >= 15 is 0 Å². The summed E-state index contributed by atoms with van der Waals surface area (Å²) in [5.74, 6) is 0.393. The fourth-order valence-corrected chi connectivity index (χ4v) is 1.57. The molecule has 0 N–H and O–H groups in total. The second kappa shape index (κ2) is 4.67. The summed E-state index contributed by atoms with van der Waals surface area (Å²) in [4.78, 5) is 11.1. The Labute approximate surface area is 92.8 Å². The summed E-state index contributed by atoms with van der Waals surface area (Å²) in [5.41, 5.74) is 0.417. The fourth-order valence-electron chi connectivity index (χ4n) is 1.06. The number of ether oxygens (including phenoxy) is 1. The van der Waals surface area contributed by atoms with Crippen molar-refractivity contribution in [1.29, 1.82) is 0 Å². The lowest BCUT2D eigenvalue weighted by molar-refractivity contribution is 0.101. The zero-order valence-corrected chi connectivity index (χ0v) is 9.45. The number of carbonyl (C=O) groups is 1. The van der Waals surface area contributed by atoms with Gasteiger partial charge in [-0.1, -0.05) is 23.2 Å². The Hall–Kier alpha value is -0.730. The van der Waals surface area contributed by atoms with Crippen molar-refractivity contribution in [3.05, 3.63) is 27.7 Å². The maximum atomic E-state index is 11.1. The molecule has 0 bridgehead atoms. The van der Waals surface area contributed by atoms with E-state index in [1.165, 1.54) is 13.0 Å². The maximum Gasteiger partial charge on any atom is 0.161 e. The first-order valence-corrected chi connectivity index (χ1v) is 4.94. The van der Waals surface area contributed by atoms with E-state index in [9.17, 15) is 4.79 Å². The van der Waals surface area contributed by atoms with Gasteiger partial charge in [0.1, 0.15) is 5.75 Å². The smallest absolute Gasteiger partial charge is 0.161 e. The van der Waals surface area contributed by atoms with Crippen LogP contribution in [-0.4, -0.2) is 12.4 Å². The average Bonchev–Trinajstić information content (AvgIpc) is 2.10. The molecule has 0 spiro atoms. The van der Waals surface area contributed by atoms with E-state index in [0.29, 0.717) is 28.0 Å². The average molecular weight is 233 g/mol. The van der Waals surface area contributed by atoms with Crippen LogP contribution >= 0.6 is 23.2 Å². The van der Waals surface area contributed by atoms with Crippen molar-refractivity contribution in [3.63, 3.8) is 0 Å². The normalized spacial score (nSPS) is 10.0. The van der Waals surface area contributed by atoms with Gasteiger partial charge in [0, 0.05) is 11.6 Å². The van der Waals surface area contributed by atoms with Crippen molar-refractivity contribution >= 4 is 29.0 Å². The van der Waals surface area contributed by atoms with Crippen molar-refractivity contribution in [2.75, 3.05) is 6.61 Å². The molecule has 0 fully saturated rings. The van der Waals surface area contributed by atoms with E-state index in [4.69, 9.17) is 27.9 Å². The molecule has 0 aromatic heterocycles. The molecule has 4 heteroatoms. The molecule has 0 amide bonds. The summed E-state index contributed by atoms with van der Waals surface area (Å²) in [6.07, 6.45) is 0. The van der Waals surface area contributed by atoms with Crippen LogP contribution < -0.4 is 4.74 Å². The van der Waals surface area contributed by atoms with Crippen LogP contribution in [0.2, 0.25) is 10.0 Å². The fraction of sp³-hybridized carbons (Fsp3) is 0.300. The monoisotopic (exact) mass is 232 g/mol. The van der Waals surface area contributed by atoms with Gasteiger partial charge in [0.15, 0.2) is 5.78 Å². The van der Waals surface area contributed by atoms with E-state index in [2.05, 4.69) is 0 Å². The molecule has 0 saturated carbocycles. The third-order valence-corrected chi connectivity index (χ3v) is 2.31. The van der Waals surface area contributed by atoms with Gasteiger partial charge >= 0.3 is 0 Å². The van der Waals surface area contributed by atoms with Crippen molar-refractivity contribution in [2.45, 2.75) is 13.8 Å². The lowest BCUT2D eigenvalue weighted by atomic mass is 10.1. The second-order valence-electron chi connectivity index (χ2n) is 2.75. The van der Waals surface area contributed by atoms with Gasteiger partial charge in [-0.05, 0) is 19.9 Å². The van der Waals surface area contributed by atoms with Gasteiger partial charge in [-0.15, -0.1) is 0 Å². The molecule has 0 aliphatic rings. The number of benzene rings is 1. The van der Waals surface area contributed by atoms with Gasteiger partial charge in [0.25, 0.3) is 0 Å². The number of rotatable bonds is 3. The Kier molecular flexibility index (Phi) is 3.78. The molecular formula is C10H10Cl2O2. The van der Waals surface area contributed by atoms with Gasteiger partial charge < -0.3 is 4.74 Å². The number of hydrogen-bond donors (Lipinski definition) is 0. The van der Waals surface area contributed by atoms with E-state index in [0.717, 1.165) is 0 Å². The quantitative estimate of drug-likeness (QED) is 0.745. The van der Waals surface area contributed by atoms with Crippen LogP contribution in [0, 0.1) is 0 Å². The first kappa shape index (κ1) is 11.3. The van der Waals surface area contributed by atoms with Crippen LogP contribution in [0.15, 0.2) is 12.1 Å². The summed E-state index contributed by atoms with van der Waals surface area (Å²) in [6, 6.07) is 3.08. The summed E-state index contributed by atoms with van der Waals surface area (Å²) < 4.78 is 5.22. The first-order valence-electron chi connectivity index (χ1n) is 4.19. The van der Waals surface area contributed by atoms with Gasteiger partial charge in [-0.3, -0.25) is 4.79 Å². The number of halogens is 2. The Morgan fingerprint density at radius 2 is 2.00 bits per heavy atom. The SMILES string of the molecule is CCOc1cc(Cl)c(C(C)=O)cc1Cl. The van der Waals surface area contributed by atoms with Crippen molar-refractivity contribution in [1.82, 2.24) is 0 Å². The topological polar surface area (TPSA) is 26.3 Å². The first-order chi connectivity index (χ1) is 6.56. The molecule has 1 aromatic rings. The van der Waals surface area contributed by atoms with Gasteiger partial charge in [0.05, 0.1) is 16.7 Å². The van der Waals surface area contributed by atoms with E-state index in [1.807, 2.05) is 6.92 Å². The molecule has 0 heterocycles. The molecule has 0 aliphatic carbocycles. The minimum atomic E-state index is -0.111. The van der Waals surface area contributed by atoms with Gasteiger partial charge in [-0.25, -0.2) is 0 Å². The highest BCUT2D eigenvalue weighted by Gasteiger charge is 2.10. The van der Waals surface area contributed by atoms with Crippen molar-refractivity contribution < 1.29 is 9.53 Å². The highest BCUT2D eigenvalue weighted by molar-refractivity contribution is 6.36. The molecular weight excluding hydrogens is 223 g/mol. The summed E-state index contributed by atoms with van der Waals surface area (Å²) in [7, 11) is 0. The standard InChI is InChI=1S/C10H10Cl2O2/c1-3-14-10-5-8(11)7(6(2)13)4-9(10)12/h4-5H,3H2,1-2H3.